The minimum atomic E-state index is -0.708. The number of rotatable bonds is 6. The lowest BCUT2D eigenvalue weighted by Crippen LogP contribution is -2.22. The molecule has 11 heteroatoms. The van der Waals surface area contributed by atoms with Gasteiger partial charge in [0.15, 0.2) is 18.1 Å². The molecule has 0 radical (unpaired) electrons. The van der Waals surface area contributed by atoms with Crippen molar-refractivity contribution in [3.05, 3.63) is 39.2 Å². The molecule has 0 bridgehead atoms. The number of nitrogens with one attached hydrogen (secondary N) is 1. The lowest BCUT2D eigenvalue weighted by atomic mass is 10.1. The average molecular weight is 418 g/mol. The number of carbonyl (C=O) groups is 2. The molecule has 1 aromatic carbocycles. The fraction of sp³-hybridized carbons (Fsp3) is 0.421. The van der Waals surface area contributed by atoms with Crippen LogP contribution in [0.1, 0.15) is 23.4 Å². The number of aromatic nitrogens is 2. The van der Waals surface area contributed by atoms with E-state index in [1.54, 1.807) is 18.7 Å². The number of amides is 1. The zero-order valence-electron chi connectivity index (χ0n) is 16.9. The van der Waals surface area contributed by atoms with Crippen LogP contribution in [0.25, 0.3) is 0 Å². The van der Waals surface area contributed by atoms with Crippen molar-refractivity contribution in [2.45, 2.75) is 26.7 Å². The largest absolute Gasteiger partial charge is 0.489 e. The minimum absolute atomic E-state index is 0.0248. The van der Waals surface area contributed by atoms with E-state index in [2.05, 4.69) is 10.4 Å². The van der Waals surface area contributed by atoms with Crippen LogP contribution in [0, 0.1) is 24.0 Å². The number of benzene rings is 1. The van der Waals surface area contributed by atoms with Gasteiger partial charge < -0.3 is 19.5 Å². The molecule has 0 fully saturated rings. The molecule has 0 atom stereocenters. The molecule has 3 rings (SSSR count). The Hall–Kier alpha value is -3.63. The standard InChI is InChI=1S/C19H22N4O7/c1-11-13(12(2)22(3)21-11)7-19(25)30-10-18(24)20-14-8-16-17(9-15(14)23(26)27)29-6-4-5-28-16/h8-9H,4-7,10H2,1-3H3,(H,20,24). The summed E-state index contributed by atoms with van der Waals surface area (Å²) < 4.78 is 17.6. The highest BCUT2D eigenvalue weighted by Crippen LogP contribution is 2.39. The molecule has 11 nitrogen and oxygen atoms in total. The highest BCUT2D eigenvalue weighted by molar-refractivity contribution is 5.95. The second kappa shape index (κ2) is 8.80. The van der Waals surface area contributed by atoms with Crippen molar-refractivity contribution in [2.24, 2.45) is 7.05 Å². The highest BCUT2D eigenvalue weighted by atomic mass is 16.6. The van der Waals surface area contributed by atoms with Crippen LogP contribution in [0.5, 0.6) is 11.5 Å². The third-order valence-electron chi connectivity index (χ3n) is 4.68. The van der Waals surface area contributed by atoms with E-state index in [1.165, 1.54) is 12.1 Å². The first kappa shape index (κ1) is 21.1. The number of aryl methyl sites for hydroxylation is 2. The molecule has 1 aromatic heterocycles. The number of anilines is 1. The molecule has 30 heavy (non-hydrogen) atoms. The summed E-state index contributed by atoms with van der Waals surface area (Å²) in [5, 5.41) is 18.0. The van der Waals surface area contributed by atoms with Gasteiger partial charge in [-0.3, -0.25) is 24.4 Å². The van der Waals surface area contributed by atoms with Gasteiger partial charge >= 0.3 is 5.97 Å². The number of carbonyl (C=O) groups excluding carboxylic acids is 2. The van der Waals surface area contributed by atoms with Crippen LogP contribution in [-0.2, 0) is 27.8 Å². The van der Waals surface area contributed by atoms with Crippen molar-refractivity contribution in [2.75, 3.05) is 25.1 Å². The van der Waals surface area contributed by atoms with Gasteiger partial charge in [0.1, 0.15) is 5.69 Å². The predicted molar refractivity (Wildman–Crippen MR) is 105 cm³/mol. The second-order valence-electron chi connectivity index (χ2n) is 6.78. The first-order valence-electron chi connectivity index (χ1n) is 9.29. The molecule has 0 spiro atoms. The van der Waals surface area contributed by atoms with Gasteiger partial charge in [-0.25, -0.2) is 0 Å². The number of nitro groups is 1. The summed E-state index contributed by atoms with van der Waals surface area (Å²) in [6, 6.07) is 2.54. The maximum Gasteiger partial charge on any atom is 0.310 e. The van der Waals surface area contributed by atoms with Gasteiger partial charge in [-0.15, -0.1) is 0 Å². The Labute approximate surface area is 172 Å². The molecule has 0 unspecified atom stereocenters. The van der Waals surface area contributed by atoms with Crippen LogP contribution in [0.15, 0.2) is 12.1 Å². The number of nitrogens with zero attached hydrogens (tertiary/aromatic N) is 3. The summed E-state index contributed by atoms with van der Waals surface area (Å²) in [6.07, 6.45) is 0.610. The van der Waals surface area contributed by atoms with Crippen molar-refractivity contribution in [1.82, 2.24) is 9.78 Å². The van der Waals surface area contributed by atoms with E-state index in [0.717, 1.165) is 11.3 Å². The number of fused-ring (bicyclic) bond motifs is 1. The van der Waals surface area contributed by atoms with Gasteiger partial charge in [0.2, 0.25) is 0 Å². The maximum absolute atomic E-state index is 12.2. The molecule has 1 N–H and O–H groups in total. The number of nitro benzene ring substituents is 1. The van der Waals surface area contributed by atoms with E-state index in [1.807, 2.05) is 6.92 Å². The molecule has 0 aliphatic carbocycles. The van der Waals surface area contributed by atoms with E-state index >= 15 is 0 Å². The van der Waals surface area contributed by atoms with Crippen molar-refractivity contribution in [3.8, 4) is 11.5 Å². The number of esters is 1. The van der Waals surface area contributed by atoms with Crippen LogP contribution >= 0.6 is 0 Å². The van der Waals surface area contributed by atoms with Gasteiger partial charge in [0.25, 0.3) is 11.6 Å². The van der Waals surface area contributed by atoms with Crippen LogP contribution in [-0.4, -0.2) is 46.4 Å². The molecule has 1 aliphatic rings. The molecular formula is C19H22N4O7. The smallest absolute Gasteiger partial charge is 0.310 e. The van der Waals surface area contributed by atoms with Gasteiger partial charge in [-0.1, -0.05) is 0 Å². The first-order chi connectivity index (χ1) is 14.3. The van der Waals surface area contributed by atoms with E-state index < -0.39 is 23.4 Å². The fourth-order valence-corrected chi connectivity index (χ4v) is 3.05. The van der Waals surface area contributed by atoms with E-state index in [-0.39, 0.29) is 23.5 Å². The predicted octanol–water partition coefficient (Wildman–Crippen LogP) is 1.83. The topological polar surface area (TPSA) is 135 Å². The van der Waals surface area contributed by atoms with Crippen molar-refractivity contribution >= 4 is 23.3 Å². The summed E-state index contributed by atoms with van der Waals surface area (Å²) in [5.74, 6) is -0.767. The first-order valence-corrected chi connectivity index (χ1v) is 9.29. The van der Waals surface area contributed by atoms with E-state index in [4.69, 9.17) is 14.2 Å². The quantitative estimate of drug-likeness (QED) is 0.426. The van der Waals surface area contributed by atoms with Crippen molar-refractivity contribution < 1.29 is 28.7 Å². The molecule has 2 aromatic rings. The van der Waals surface area contributed by atoms with E-state index in [9.17, 15) is 19.7 Å². The molecule has 1 aliphatic heterocycles. The zero-order chi connectivity index (χ0) is 21.8. The van der Waals surface area contributed by atoms with Gasteiger partial charge in [0, 0.05) is 30.8 Å². The monoisotopic (exact) mass is 418 g/mol. The zero-order valence-corrected chi connectivity index (χ0v) is 16.9. The van der Waals surface area contributed by atoms with Crippen LogP contribution in [0.2, 0.25) is 0 Å². The average Bonchev–Trinajstić information content (AvgIpc) is 2.86. The van der Waals surface area contributed by atoms with Gasteiger partial charge in [-0.05, 0) is 13.8 Å². The number of hydrogen-bond acceptors (Lipinski definition) is 8. The minimum Gasteiger partial charge on any atom is -0.489 e. The maximum atomic E-state index is 12.2. The lowest BCUT2D eigenvalue weighted by molar-refractivity contribution is -0.384. The van der Waals surface area contributed by atoms with Crippen molar-refractivity contribution in [3.63, 3.8) is 0 Å². The van der Waals surface area contributed by atoms with Crippen LogP contribution in [0.3, 0.4) is 0 Å². The molecule has 0 saturated carbocycles. The third-order valence-corrected chi connectivity index (χ3v) is 4.68. The highest BCUT2D eigenvalue weighted by Gasteiger charge is 2.23. The molecule has 2 heterocycles. The summed E-state index contributed by atoms with van der Waals surface area (Å²) >= 11 is 0. The Kier molecular flexibility index (Phi) is 6.19. The van der Waals surface area contributed by atoms with Gasteiger partial charge in [0.05, 0.1) is 36.3 Å². The van der Waals surface area contributed by atoms with Gasteiger partial charge in [-0.2, -0.15) is 5.10 Å². The van der Waals surface area contributed by atoms with Crippen LogP contribution in [0.4, 0.5) is 11.4 Å². The Morgan fingerprint density at radius 3 is 2.53 bits per heavy atom. The molecule has 160 valence electrons. The summed E-state index contributed by atoms with van der Waals surface area (Å²) in [4.78, 5) is 35.1. The summed E-state index contributed by atoms with van der Waals surface area (Å²) in [5.41, 5.74) is 1.86. The van der Waals surface area contributed by atoms with E-state index in [0.29, 0.717) is 31.1 Å². The second-order valence-corrected chi connectivity index (χ2v) is 6.78. The fourth-order valence-electron chi connectivity index (χ4n) is 3.05. The molecule has 0 saturated heterocycles. The van der Waals surface area contributed by atoms with Crippen molar-refractivity contribution in [1.29, 1.82) is 0 Å². The number of hydrogen-bond donors (Lipinski definition) is 1. The Bertz CT molecular complexity index is 999. The molecular weight excluding hydrogens is 396 g/mol. The lowest BCUT2D eigenvalue weighted by Gasteiger charge is -2.11. The summed E-state index contributed by atoms with van der Waals surface area (Å²) in [7, 11) is 1.77. The Morgan fingerprint density at radius 2 is 1.93 bits per heavy atom. The summed E-state index contributed by atoms with van der Waals surface area (Å²) in [6.45, 7) is 3.80. The molecule has 1 amide bonds. The third kappa shape index (κ3) is 4.67. The Morgan fingerprint density at radius 1 is 1.27 bits per heavy atom. The number of ether oxygens (including phenoxy) is 3. The normalized spacial score (nSPS) is 12.8. The Balaban J connectivity index is 1.65. The SMILES string of the molecule is Cc1nn(C)c(C)c1CC(=O)OCC(=O)Nc1cc2c(cc1[N+](=O)[O-])OCCCO2. The van der Waals surface area contributed by atoms with Crippen LogP contribution < -0.4 is 14.8 Å².